The van der Waals surface area contributed by atoms with Crippen LogP contribution in [0.2, 0.25) is 0 Å². The largest absolute Gasteiger partial charge is 0.478 e. The topological polar surface area (TPSA) is 81.1 Å². The lowest BCUT2D eigenvalue weighted by Gasteiger charge is -2.27. The summed E-state index contributed by atoms with van der Waals surface area (Å²) in [7, 11) is 0. The number of carboxylic acids is 2. The minimum absolute atomic E-state index is 0.138. The van der Waals surface area contributed by atoms with E-state index in [-0.39, 0.29) is 11.1 Å². The van der Waals surface area contributed by atoms with E-state index in [0.29, 0.717) is 11.4 Å². The van der Waals surface area contributed by atoms with Gasteiger partial charge in [0.15, 0.2) is 0 Å². The Morgan fingerprint density at radius 2 is 0.739 bits per heavy atom. The van der Waals surface area contributed by atoms with Crippen LogP contribution in [0.15, 0.2) is 146 Å². The Labute approximate surface area is 268 Å². The summed E-state index contributed by atoms with van der Waals surface area (Å²) in [6, 6.07) is 46.5. The SMILES string of the molecule is Cc1cccc(N(c2ccc(-c3ccc(N(c4cccc(C(=O)O)c4)c4cccc(C(=O)O)c4)cc3)cc2)c2cccc(C)c2)c1. The first-order valence-electron chi connectivity index (χ1n) is 14.9. The van der Waals surface area contributed by atoms with E-state index in [2.05, 4.69) is 91.5 Å². The predicted octanol–water partition coefficient (Wildman–Crippen LogP) is 10.3. The molecule has 46 heavy (non-hydrogen) atoms. The van der Waals surface area contributed by atoms with Crippen molar-refractivity contribution < 1.29 is 19.8 Å². The van der Waals surface area contributed by atoms with Crippen LogP contribution in [0.25, 0.3) is 11.1 Å². The Morgan fingerprint density at radius 3 is 1.07 bits per heavy atom. The summed E-state index contributed by atoms with van der Waals surface area (Å²) in [6.45, 7) is 4.19. The fourth-order valence-corrected chi connectivity index (χ4v) is 5.59. The van der Waals surface area contributed by atoms with E-state index >= 15 is 0 Å². The van der Waals surface area contributed by atoms with Gasteiger partial charge in [-0.05, 0) is 121 Å². The second kappa shape index (κ2) is 12.8. The summed E-state index contributed by atoms with van der Waals surface area (Å²) in [5.41, 5.74) is 9.87. The number of hydrogen-bond donors (Lipinski definition) is 2. The van der Waals surface area contributed by atoms with E-state index < -0.39 is 11.9 Å². The van der Waals surface area contributed by atoms with Crippen LogP contribution in [-0.2, 0) is 0 Å². The van der Waals surface area contributed by atoms with Gasteiger partial charge in [-0.15, -0.1) is 0 Å². The van der Waals surface area contributed by atoms with Crippen LogP contribution in [0.3, 0.4) is 0 Å². The molecule has 0 spiro atoms. The number of benzene rings is 6. The highest BCUT2D eigenvalue weighted by molar-refractivity contribution is 5.92. The zero-order chi connectivity index (χ0) is 32.2. The van der Waals surface area contributed by atoms with Gasteiger partial charge < -0.3 is 20.0 Å². The second-order valence-electron chi connectivity index (χ2n) is 11.2. The average molecular weight is 605 g/mol. The molecule has 226 valence electrons. The lowest BCUT2D eigenvalue weighted by Crippen LogP contribution is -2.12. The van der Waals surface area contributed by atoms with Crippen molar-refractivity contribution in [2.45, 2.75) is 13.8 Å². The van der Waals surface area contributed by atoms with Crippen LogP contribution < -0.4 is 9.80 Å². The molecule has 0 fully saturated rings. The standard InChI is InChI=1S/C40H32N2O4/c1-27-7-3-11-35(23-27)41(36-12-4-8-28(2)24-36)33-19-15-29(16-20-33)30-17-21-34(22-18-30)42(37-13-5-9-31(25-37)39(43)44)38-14-6-10-32(26-38)40(45)46/h3-26H,1-2H3,(H,43,44)(H,45,46). The maximum absolute atomic E-state index is 11.8. The van der Waals surface area contributed by atoms with Crippen molar-refractivity contribution in [3.8, 4) is 11.1 Å². The first-order chi connectivity index (χ1) is 22.3. The molecule has 0 heterocycles. The lowest BCUT2D eigenvalue weighted by molar-refractivity contribution is 0.0686. The molecular formula is C40H32N2O4. The molecule has 0 unspecified atom stereocenters. The molecule has 0 atom stereocenters. The number of hydrogen-bond acceptors (Lipinski definition) is 4. The summed E-state index contributed by atoms with van der Waals surface area (Å²) in [4.78, 5) is 27.6. The highest BCUT2D eigenvalue weighted by Crippen LogP contribution is 2.38. The van der Waals surface area contributed by atoms with Crippen LogP contribution in [0.5, 0.6) is 0 Å². The predicted molar refractivity (Wildman–Crippen MR) is 185 cm³/mol. The van der Waals surface area contributed by atoms with E-state index in [0.717, 1.165) is 33.9 Å². The minimum atomic E-state index is -1.04. The lowest BCUT2D eigenvalue weighted by atomic mass is 10.0. The van der Waals surface area contributed by atoms with Crippen molar-refractivity contribution in [1.82, 2.24) is 0 Å². The monoisotopic (exact) mass is 604 g/mol. The van der Waals surface area contributed by atoms with Gasteiger partial charge >= 0.3 is 11.9 Å². The van der Waals surface area contributed by atoms with E-state index in [1.54, 1.807) is 36.4 Å². The summed E-state index contributed by atoms with van der Waals surface area (Å²) < 4.78 is 0. The van der Waals surface area contributed by atoms with Gasteiger partial charge in [-0.2, -0.15) is 0 Å². The molecule has 0 bridgehead atoms. The van der Waals surface area contributed by atoms with E-state index in [4.69, 9.17) is 0 Å². The first-order valence-corrected chi connectivity index (χ1v) is 14.9. The molecule has 0 aliphatic carbocycles. The highest BCUT2D eigenvalue weighted by Gasteiger charge is 2.17. The van der Waals surface area contributed by atoms with E-state index in [9.17, 15) is 19.8 Å². The third-order valence-electron chi connectivity index (χ3n) is 7.81. The van der Waals surface area contributed by atoms with Crippen molar-refractivity contribution >= 4 is 46.1 Å². The van der Waals surface area contributed by atoms with Gasteiger partial charge in [0.1, 0.15) is 0 Å². The fourth-order valence-electron chi connectivity index (χ4n) is 5.59. The van der Waals surface area contributed by atoms with Crippen LogP contribution in [-0.4, -0.2) is 22.2 Å². The third-order valence-corrected chi connectivity index (χ3v) is 7.81. The molecule has 6 aromatic rings. The molecule has 6 aromatic carbocycles. The number of rotatable bonds is 9. The molecule has 0 aromatic heterocycles. The highest BCUT2D eigenvalue weighted by atomic mass is 16.4. The number of aryl methyl sites for hydroxylation is 2. The molecule has 2 N–H and O–H groups in total. The molecule has 0 radical (unpaired) electrons. The molecule has 6 heteroatoms. The molecule has 6 rings (SSSR count). The van der Waals surface area contributed by atoms with Crippen molar-refractivity contribution in [3.05, 3.63) is 168 Å². The van der Waals surface area contributed by atoms with Crippen molar-refractivity contribution in [2.24, 2.45) is 0 Å². The van der Waals surface area contributed by atoms with Gasteiger partial charge in [0.05, 0.1) is 11.1 Å². The van der Waals surface area contributed by atoms with Gasteiger partial charge in [0.2, 0.25) is 0 Å². The maximum Gasteiger partial charge on any atom is 0.335 e. The Kier molecular flexibility index (Phi) is 8.35. The number of nitrogens with zero attached hydrogens (tertiary/aromatic N) is 2. The van der Waals surface area contributed by atoms with Crippen LogP contribution in [0.4, 0.5) is 34.1 Å². The maximum atomic E-state index is 11.8. The normalized spacial score (nSPS) is 10.7. The minimum Gasteiger partial charge on any atom is -0.478 e. The average Bonchev–Trinajstić information content (AvgIpc) is 3.06. The third kappa shape index (κ3) is 6.37. The van der Waals surface area contributed by atoms with E-state index in [1.807, 2.05) is 29.2 Å². The molecule has 0 saturated heterocycles. The van der Waals surface area contributed by atoms with Crippen molar-refractivity contribution in [3.63, 3.8) is 0 Å². The van der Waals surface area contributed by atoms with Crippen molar-refractivity contribution in [2.75, 3.05) is 9.80 Å². The molecular weight excluding hydrogens is 572 g/mol. The van der Waals surface area contributed by atoms with Gasteiger partial charge in [0.25, 0.3) is 0 Å². The zero-order valence-corrected chi connectivity index (χ0v) is 25.5. The number of anilines is 6. The summed E-state index contributed by atoms with van der Waals surface area (Å²) >= 11 is 0. The Bertz CT molecular complexity index is 1930. The van der Waals surface area contributed by atoms with Gasteiger partial charge in [-0.3, -0.25) is 0 Å². The van der Waals surface area contributed by atoms with Crippen LogP contribution in [0, 0.1) is 13.8 Å². The first kappa shape index (κ1) is 29.9. The summed E-state index contributed by atoms with van der Waals surface area (Å²) in [5.74, 6) is -2.08. The smallest absolute Gasteiger partial charge is 0.335 e. The van der Waals surface area contributed by atoms with Crippen LogP contribution >= 0.6 is 0 Å². The quantitative estimate of drug-likeness (QED) is 0.171. The number of aromatic carboxylic acids is 2. The number of carboxylic acid groups (broad SMARTS) is 2. The summed E-state index contributed by atoms with van der Waals surface area (Å²) in [6.07, 6.45) is 0. The molecule has 0 amide bonds. The molecule has 0 saturated carbocycles. The fraction of sp³-hybridized carbons (Fsp3) is 0.0500. The van der Waals surface area contributed by atoms with Crippen molar-refractivity contribution in [1.29, 1.82) is 0 Å². The van der Waals surface area contributed by atoms with Gasteiger partial charge in [-0.25, -0.2) is 9.59 Å². The van der Waals surface area contributed by atoms with Gasteiger partial charge in [0, 0.05) is 34.1 Å². The molecule has 0 aliphatic heterocycles. The summed E-state index contributed by atoms with van der Waals surface area (Å²) in [5, 5.41) is 19.2. The van der Waals surface area contributed by atoms with Gasteiger partial charge in [-0.1, -0.05) is 60.7 Å². The van der Waals surface area contributed by atoms with E-state index in [1.165, 1.54) is 23.3 Å². The molecule has 6 nitrogen and oxygen atoms in total. The van der Waals surface area contributed by atoms with Crippen LogP contribution in [0.1, 0.15) is 31.8 Å². The number of carbonyl (C=O) groups is 2. The Morgan fingerprint density at radius 1 is 0.413 bits per heavy atom. The molecule has 0 aliphatic rings. The Hall–Kier alpha value is -6.14. The zero-order valence-electron chi connectivity index (χ0n) is 25.5. The second-order valence-corrected chi connectivity index (χ2v) is 11.2. The Balaban J connectivity index is 1.35.